The first-order chi connectivity index (χ1) is 9.08. The number of pyridine rings is 1. The van der Waals surface area contributed by atoms with E-state index >= 15 is 0 Å². The van der Waals surface area contributed by atoms with Gasteiger partial charge in [-0.25, -0.2) is 0 Å². The van der Waals surface area contributed by atoms with Crippen molar-refractivity contribution in [3.63, 3.8) is 0 Å². The third-order valence-electron chi connectivity index (χ3n) is 3.45. The molecule has 0 fully saturated rings. The fraction of sp³-hybridized carbons (Fsp3) is 0.600. The zero-order valence-corrected chi connectivity index (χ0v) is 12.2. The average molecular weight is 263 g/mol. The van der Waals surface area contributed by atoms with Gasteiger partial charge in [-0.1, -0.05) is 33.1 Å². The summed E-state index contributed by atoms with van der Waals surface area (Å²) in [6.07, 6.45) is 6.24. The Morgan fingerprint density at radius 3 is 2.84 bits per heavy atom. The van der Waals surface area contributed by atoms with Crippen molar-refractivity contribution in [2.45, 2.75) is 46.5 Å². The molecule has 19 heavy (non-hydrogen) atoms. The first-order valence-corrected chi connectivity index (χ1v) is 7.08. The van der Waals surface area contributed by atoms with Crippen LogP contribution in [-0.2, 0) is 0 Å². The number of nitrogens with one attached hydrogen (secondary N) is 1. The monoisotopic (exact) mass is 263 g/mol. The van der Waals surface area contributed by atoms with Gasteiger partial charge in [0.05, 0.1) is 23.1 Å². The standard InChI is InChI=1S/C15H25N3O/c1-4-6-7-12(5-2)9-18-15(19)14-8-13(16)10-17-11(14)3/h8,10,12H,4-7,9,16H2,1-3H3,(H,18,19). The van der Waals surface area contributed by atoms with E-state index in [1.807, 2.05) is 6.92 Å². The summed E-state index contributed by atoms with van der Waals surface area (Å²) >= 11 is 0. The van der Waals surface area contributed by atoms with Crippen LogP contribution in [0.25, 0.3) is 0 Å². The normalized spacial score (nSPS) is 12.2. The zero-order chi connectivity index (χ0) is 14.3. The third kappa shape index (κ3) is 4.89. The molecule has 1 rings (SSSR count). The molecular formula is C15H25N3O. The van der Waals surface area contributed by atoms with E-state index in [0.717, 1.165) is 13.0 Å². The lowest BCUT2D eigenvalue weighted by molar-refractivity contribution is 0.0945. The van der Waals surface area contributed by atoms with Crippen LogP contribution in [0.5, 0.6) is 0 Å². The number of rotatable bonds is 7. The molecule has 1 amide bonds. The van der Waals surface area contributed by atoms with E-state index in [1.54, 1.807) is 12.3 Å². The minimum absolute atomic E-state index is 0.0766. The second kappa shape index (κ2) is 7.77. The largest absolute Gasteiger partial charge is 0.397 e. The number of nitrogens with two attached hydrogens (primary N) is 1. The molecule has 0 aromatic carbocycles. The van der Waals surface area contributed by atoms with Gasteiger partial charge in [0.15, 0.2) is 0 Å². The summed E-state index contributed by atoms with van der Waals surface area (Å²) in [6.45, 7) is 6.90. The molecule has 0 spiro atoms. The Hall–Kier alpha value is -1.58. The molecule has 0 aliphatic heterocycles. The SMILES string of the molecule is CCCCC(CC)CNC(=O)c1cc(N)cnc1C. The van der Waals surface area contributed by atoms with Crippen molar-refractivity contribution < 1.29 is 4.79 Å². The van der Waals surface area contributed by atoms with Gasteiger partial charge in [0.1, 0.15) is 0 Å². The average Bonchev–Trinajstić information content (AvgIpc) is 2.41. The van der Waals surface area contributed by atoms with Gasteiger partial charge in [0, 0.05) is 6.54 Å². The maximum absolute atomic E-state index is 12.1. The van der Waals surface area contributed by atoms with Gasteiger partial charge < -0.3 is 11.1 Å². The van der Waals surface area contributed by atoms with E-state index in [4.69, 9.17) is 5.73 Å². The quantitative estimate of drug-likeness (QED) is 0.794. The first-order valence-electron chi connectivity index (χ1n) is 7.08. The van der Waals surface area contributed by atoms with E-state index < -0.39 is 0 Å². The highest BCUT2D eigenvalue weighted by molar-refractivity contribution is 5.95. The summed E-state index contributed by atoms with van der Waals surface area (Å²) in [5, 5.41) is 2.99. The molecule has 4 nitrogen and oxygen atoms in total. The summed E-state index contributed by atoms with van der Waals surface area (Å²) in [7, 11) is 0. The topological polar surface area (TPSA) is 68.0 Å². The number of hydrogen-bond acceptors (Lipinski definition) is 3. The van der Waals surface area contributed by atoms with Crippen LogP contribution in [0.15, 0.2) is 12.3 Å². The minimum Gasteiger partial charge on any atom is -0.397 e. The molecule has 0 saturated carbocycles. The summed E-state index contributed by atoms with van der Waals surface area (Å²) in [4.78, 5) is 16.2. The van der Waals surface area contributed by atoms with E-state index in [2.05, 4.69) is 24.1 Å². The Balaban J connectivity index is 2.56. The summed E-state index contributed by atoms with van der Waals surface area (Å²) < 4.78 is 0. The molecule has 0 bridgehead atoms. The summed E-state index contributed by atoms with van der Waals surface area (Å²) in [5.41, 5.74) is 7.48. The number of nitrogen functional groups attached to an aromatic ring is 1. The van der Waals surface area contributed by atoms with Crippen molar-refractivity contribution in [3.8, 4) is 0 Å². The van der Waals surface area contributed by atoms with Crippen LogP contribution in [0.3, 0.4) is 0 Å². The number of aryl methyl sites for hydroxylation is 1. The van der Waals surface area contributed by atoms with Crippen LogP contribution in [0.2, 0.25) is 0 Å². The second-order valence-electron chi connectivity index (χ2n) is 5.03. The molecule has 0 radical (unpaired) electrons. The van der Waals surface area contributed by atoms with Gasteiger partial charge in [-0.2, -0.15) is 0 Å². The van der Waals surface area contributed by atoms with Crippen LogP contribution in [0, 0.1) is 12.8 Å². The molecule has 0 saturated heterocycles. The molecule has 1 atom stereocenters. The maximum atomic E-state index is 12.1. The zero-order valence-electron chi connectivity index (χ0n) is 12.2. The Morgan fingerprint density at radius 1 is 1.47 bits per heavy atom. The van der Waals surface area contributed by atoms with Gasteiger partial charge in [-0.3, -0.25) is 9.78 Å². The highest BCUT2D eigenvalue weighted by Gasteiger charge is 2.12. The Morgan fingerprint density at radius 2 is 2.21 bits per heavy atom. The predicted molar refractivity (Wildman–Crippen MR) is 79.0 cm³/mol. The smallest absolute Gasteiger partial charge is 0.253 e. The lowest BCUT2D eigenvalue weighted by atomic mass is 9.99. The van der Waals surface area contributed by atoms with Crippen molar-refractivity contribution in [2.75, 3.05) is 12.3 Å². The van der Waals surface area contributed by atoms with Crippen LogP contribution in [0.4, 0.5) is 5.69 Å². The maximum Gasteiger partial charge on any atom is 0.253 e. The van der Waals surface area contributed by atoms with E-state index in [-0.39, 0.29) is 5.91 Å². The summed E-state index contributed by atoms with van der Waals surface area (Å²) in [5.74, 6) is 0.477. The second-order valence-corrected chi connectivity index (χ2v) is 5.03. The number of anilines is 1. The minimum atomic E-state index is -0.0766. The third-order valence-corrected chi connectivity index (χ3v) is 3.45. The van der Waals surface area contributed by atoms with Crippen molar-refractivity contribution in [1.29, 1.82) is 0 Å². The Bertz CT molecular complexity index is 418. The van der Waals surface area contributed by atoms with Crippen LogP contribution in [-0.4, -0.2) is 17.4 Å². The van der Waals surface area contributed by atoms with Crippen molar-refractivity contribution in [2.24, 2.45) is 5.92 Å². The van der Waals surface area contributed by atoms with Crippen LogP contribution in [0.1, 0.15) is 55.6 Å². The van der Waals surface area contributed by atoms with Gasteiger partial charge in [0.2, 0.25) is 0 Å². The molecule has 4 heteroatoms. The fourth-order valence-corrected chi connectivity index (χ4v) is 2.05. The molecule has 3 N–H and O–H groups in total. The molecule has 1 unspecified atom stereocenters. The number of carbonyl (C=O) groups is 1. The van der Waals surface area contributed by atoms with E-state index in [1.165, 1.54) is 19.3 Å². The fourth-order valence-electron chi connectivity index (χ4n) is 2.05. The number of carbonyl (C=O) groups excluding carboxylic acids is 1. The molecular weight excluding hydrogens is 238 g/mol. The van der Waals surface area contributed by atoms with E-state index in [0.29, 0.717) is 22.9 Å². The summed E-state index contributed by atoms with van der Waals surface area (Å²) in [6, 6.07) is 1.69. The van der Waals surface area contributed by atoms with Gasteiger partial charge in [0.25, 0.3) is 5.91 Å². The predicted octanol–water partition coefficient (Wildman–Crippen LogP) is 2.92. The molecule has 1 heterocycles. The first kappa shape index (κ1) is 15.5. The highest BCUT2D eigenvalue weighted by Crippen LogP contribution is 2.13. The molecule has 0 aliphatic rings. The number of hydrogen-bond donors (Lipinski definition) is 2. The van der Waals surface area contributed by atoms with Gasteiger partial charge in [-0.05, 0) is 25.3 Å². The molecule has 106 valence electrons. The van der Waals surface area contributed by atoms with Crippen LogP contribution < -0.4 is 11.1 Å². The van der Waals surface area contributed by atoms with Crippen LogP contribution >= 0.6 is 0 Å². The lowest BCUT2D eigenvalue weighted by Crippen LogP contribution is -2.30. The number of aromatic nitrogens is 1. The lowest BCUT2D eigenvalue weighted by Gasteiger charge is -2.15. The highest BCUT2D eigenvalue weighted by atomic mass is 16.1. The van der Waals surface area contributed by atoms with Crippen molar-refractivity contribution in [1.82, 2.24) is 10.3 Å². The van der Waals surface area contributed by atoms with Gasteiger partial charge in [-0.15, -0.1) is 0 Å². The Kier molecular flexibility index (Phi) is 6.33. The number of nitrogens with zero attached hydrogens (tertiary/aromatic N) is 1. The number of amides is 1. The number of unbranched alkanes of at least 4 members (excludes halogenated alkanes) is 1. The molecule has 1 aromatic rings. The van der Waals surface area contributed by atoms with E-state index in [9.17, 15) is 4.79 Å². The molecule has 0 aliphatic carbocycles. The Labute approximate surface area is 115 Å². The van der Waals surface area contributed by atoms with Crippen molar-refractivity contribution >= 4 is 11.6 Å². The van der Waals surface area contributed by atoms with Gasteiger partial charge >= 0.3 is 0 Å². The van der Waals surface area contributed by atoms with Crippen molar-refractivity contribution in [3.05, 3.63) is 23.5 Å². The molecule has 1 aromatic heterocycles.